The molecule has 94 valence electrons. The van der Waals surface area contributed by atoms with Gasteiger partial charge >= 0.3 is 0 Å². The van der Waals surface area contributed by atoms with Gasteiger partial charge in [-0.3, -0.25) is 0 Å². The minimum absolute atomic E-state index is 0.0456. The van der Waals surface area contributed by atoms with Crippen molar-refractivity contribution >= 4 is 17.2 Å². The van der Waals surface area contributed by atoms with Gasteiger partial charge in [0, 0.05) is 16.7 Å². The Morgan fingerprint density at radius 3 is 2.40 bits per heavy atom. The van der Waals surface area contributed by atoms with E-state index in [1.165, 1.54) is 0 Å². The molecule has 4 heteroatoms. The summed E-state index contributed by atoms with van der Waals surface area (Å²) in [5.74, 6) is 1.07. The van der Waals surface area contributed by atoms with Crippen molar-refractivity contribution in [1.82, 2.24) is 0 Å². The lowest BCUT2D eigenvalue weighted by Crippen LogP contribution is -2.04. The predicted molar refractivity (Wildman–Crippen MR) is 75.2 cm³/mol. The van der Waals surface area contributed by atoms with Crippen molar-refractivity contribution in [3.8, 4) is 23.6 Å². The van der Waals surface area contributed by atoms with Crippen molar-refractivity contribution in [2.24, 2.45) is 0 Å². The van der Waals surface area contributed by atoms with E-state index in [1.807, 2.05) is 30.3 Å². The molecule has 3 nitrogen and oxygen atoms in total. The van der Waals surface area contributed by atoms with Crippen LogP contribution in [-0.2, 0) is 0 Å². The summed E-state index contributed by atoms with van der Waals surface area (Å²) < 4.78 is 5.79. The van der Waals surface area contributed by atoms with Crippen molar-refractivity contribution in [3.05, 3.63) is 64.2 Å². The predicted octanol–water partition coefficient (Wildman–Crippen LogP) is 4.29. The summed E-state index contributed by atoms with van der Waals surface area (Å²) >= 11 is 6.15. The largest absolute Gasteiger partial charge is 0.454 e. The molecule has 0 atom stereocenters. The molecule has 1 heterocycles. The van der Waals surface area contributed by atoms with Gasteiger partial charge in [-0.25, -0.2) is 0 Å². The van der Waals surface area contributed by atoms with Crippen LogP contribution in [0.5, 0.6) is 11.5 Å². The zero-order valence-electron chi connectivity index (χ0n) is 10.2. The Labute approximate surface area is 120 Å². The van der Waals surface area contributed by atoms with Gasteiger partial charge in [0.15, 0.2) is 5.75 Å². The number of hydrogen-bond acceptors (Lipinski definition) is 3. The van der Waals surface area contributed by atoms with E-state index < -0.39 is 0 Å². The molecule has 0 unspecified atom stereocenters. The third-order valence-electron chi connectivity index (χ3n) is 3.08. The summed E-state index contributed by atoms with van der Waals surface area (Å²) in [5.41, 5.74) is 1.99. The maximum Gasteiger partial charge on any atom is 0.153 e. The summed E-state index contributed by atoms with van der Waals surface area (Å²) in [6.07, 6.45) is 0. The SMILES string of the molecule is N#CC(C#N)=C1c2ccccc2Oc2c(Cl)cccc21. The van der Waals surface area contributed by atoms with Crippen LogP contribution >= 0.6 is 11.6 Å². The van der Waals surface area contributed by atoms with Crippen molar-refractivity contribution in [2.45, 2.75) is 0 Å². The van der Waals surface area contributed by atoms with E-state index in [0.717, 1.165) is 5.56 Å². The molecular formula is C16H7ClN2O. The maximum absolute atomic E-state index is 9.19. The number of nitriles is 2. The molecule has 0 fully saturated rings. The lowest BCUT2D eigenvalue weighted by molar-refractivity contribution is 0.474. The van der Waals surface area contributed by atoms with E-state index in [1.54, 1.807) is 24.3 Å². The monoisotopic (exact) mass is 278 g/mol. The number of nitrogens with zero attached hydrogens (tertiary/aromatic N) is 2. The van der Waals surface area contributed by atoms with Gasteiger partial charge in [-0.2, -0.15) is 10.5 Å². The number of halogens is 1. The third-order valence-corrected chi connectivity index (χ3v) is 3.38. The first-order valence-electron chi connectivity index (χ1n) is 5.87. The van der Waals surface area contributed by atoms with Crippen molar-refractivity contribution in [2.75, 3.05) is 0 Å². The van der Waals surface area contributed by atoms with Gasteiger partial charge in [0.25, 0.3) is 0 Å². The van der Waals surface area contributed by atoms with Gasteiger partial charge in [0.05, 0.1) is 5.02 Å². The maximum atomic E-state index is 9.19. The number of rotatable bonds is 0. The molecule has 0 saturated heterocycles. The summed E-state index contributed by atoms with van der Waals surface area (Å²) in [7, 11) is 0. The van der Waals surface area contributed by atoms with Crippen LogP contribution in [0.4, 0.5) is 0 Å². The Bertz CT molecular complexity index is 809. The van der Waals surface area contributed by atoms with Crippen LogP contribution < -0.4 is 4.74 Å². The van der Waals surface area contributed by atoms with E-state index >= 15 is 0 Å². The van der Waals surface area contributed by atoms with Crippen LogP contribution in [0.2, 0.25) is 5.02 Å². The zero-order valence-corrected chi connectivity index (χ0v) is 11.0. The van der Waals surface area contributed by atoms with Gasteiger partial charge in [0.1, 0.15) is 23.5 Å². The molecule has 0 bridgehead atoms. The average Bonchev–Trinajstić information content (AvgIpc) is 2.48. The molecule has 0 radical (unpaired) electrons. The minimum Gasteiger partial charge on any atom is -0.454 e. The Morgan fingerprint density at radius 1 is 0.950 bits per heavy atom. The number of ether oxygens (including phenoxy) is 1. The first-order valence-corrected chi connectivity index (χ1v) is 6.24. The van der Waals surface area contributed by atoms with Crippen LogP contribution in [-0.4, -0.2) is 0 Å². The molecule has 1 aliphatic rings. The second-order valence-electron chi connectivity index (χ2n) is 4.19. The molecule has 1 aliphatic heterocycles. The van der Waals surface area contributed by atoms with Crippen LogP contribution in [0.1, 0.15) is 11.1 Å². The molecule has 2 aromatic carbocycles. The molecule has 0 saturated carbocycles. The smallest absolute Gasteiger partial charge is 0.153 e. The normalized spacial score (nSPS) is 11.4. The second kappa shape index (κ2) is 4.74. The van der Waals surface area contributed by atoms with Crippen molar-refractivity contribution < 1.29 is 4.74 Å². The van der Waals surface area contributed by atoms with Gasteiger partial charge in [-0.15, -0.1) is 0 Å². The molecule has 0 aromatic heterocycles. The van der Waals surface area contributed by atoms with E-state index in [0.29, 0.717) is 27.7 Å². The highest BCUT2D eigenvalue weighted by molar-refractivity contribution is 6.32. The third kappa shape index (κ3) is 1.73. The van der Waals surface area contributed by atoms with E-state index in [4.69, 9.17) is 16.3 Å². The Hall–Kier alpha value is -2.75. The Kier molecular flexibility index (Phi) is 2.91. The molecule has 2 aromatic rings. The minimum atomic E-state index is 0.0456. The summed E-state index contributed by atoms with van der Waals surface area (Å²) in [4.78, 5) is 0. The highest BCUT2D eigenvalue weighted by Gasteiger charge is 2.26. The summed E-state index contributed by atoms with van der Waals surface area (Å²) in [5, 5.41) is 18.8. The first kappa shape index (κ1) is 12.3. The fraction of sp³-hybridized carbons (Fsp3) is 0. The lowest BCUT2D eigenvalue weighted by atomic mass is 9.90. The Morgan fingerprint density at radius 2 is 1.65 bits per heavy atom. The molecule has 0 N–H and O–H groups in total. The van der Waals surface area contributed by atoms with Crippen LogP contribution in [0.15, 0.2) is 48.0 Å². The van der Waals surface area contributed by atoms with E-state index in [9.17, 15) is 10.5 Å². The number of fused-ring (bicyclic) bond motifs is 2. The molecular weight excluding hydrogens is 272 g/mol. The first-order chi connectivity index (χ1) is 9.76. The highest BCUT2D eigenvalue weighted by Crippen LogP contribution is 2.47. The van der Waals surface area contributed by atoms with Crippen molar-refractivity contribution in [1.29, 1.82) is 10.5 Å². The van der Waals surface area contributed by atoms with Gasteiger partial charge in [-0.1, -0.05) is 41.9 Å². The fourth-order valence-electron chi connectivity index (χ4n) is 2.23. The van der Waals surface area contributed by atoms with Gasteiger partial charge in [0.2, 0.25) is 0 Å². The molecule has 3 rings (SSSR count). The highest BCUT2D eigenvalue weighted by atomic mass is 35.5. The van der Waals surface area contributed by atoms with Gasteiger partial charge < -0.3 is 4.74 Å². The van der Waals surface area contributed by atoms with E-state index in [-0.39, 0.29) is 5.57 Å². The number of allylic oxidation sites excluding steroid dienone is 1. The number of benzene rings is 2. The van der Waals surface area contributed by atoms with Crippen LogP contribution in [0, 0.1) is 22.7 Å². The number of para-hydroxylation sites is 2. The number of hydrogen-bond donors (Lipinski definition) is 0. The average molecular weight is 279 g/mol. The molecule has 0 aliphatic carbocycles. The second-order valence-corrected chi connectivity index (χ2v) is 4.60. The standard InChI is InChI=1S/C16H7ClN2O/c17-13-6-3-5-12-15(10(8-18)9-19)11-4-1-2-7-14(11)20-16(12)13/h1-7H. The van der Waals surface area contributed by atoms with Crippen LogP contribution in [0.3, 0.4) is 0 Å². The molecule has 0 spiro atoms. The van der Waals surface area contributed by atoms with Crippen molar-refractivity contribution in [3.63, 3.8) is 0 Å². The molecule has 20 heavy (non-hydrogen) atoms. The quantitative estimate of drug-likeness (QED) is 0.576. The Balaban J connectivity index is 2.42. The van der Waals surface area contributed by atoms with E-state index in [2.05, 4.69) is 0 Å². The van der Waals surface area contributed by atoms with Gasteiger partial charge in [-0.05, 0) is 12.1 Å². The zero-order chi connectivity index (χ0) is 14.1. The topological polar surface area (TPSA) is 56.8 Å². The van der Waals surface area contributed by atoms with Crippen LogP contribution in [0.25, 0.3) is 5.57 Å². The lowest BCUT2D eigenvalue weighted by Gasteiger charge is -2.23. The molecule has 0 amide bonds. The summed E-state index contributed by atoms with van der Waals surface area (Å²) in [6, 6.07) is 16.4. The summed E-state index contributed by atoms with van der Waals surface area (Å²) in [6.45, 7) is 0. The fourth-order valence-corrected chi connectivity index (χ4v) is 2.45.